The fourth-order valence-corrected chi connectivity index (χ4v) is 0.960. The zero-order valence-corrected chi connectivity index (χ0v) is 6.55. The van der Waals surface area contributed by atoms with Gasteiger partial charge in [0.05, 0.1) is 11.1 Å². The van der Waals surface area contributed by atoms with Gasteiger partial charge in [-0.15, -0.1) is 11.6 Å². The number of rotatable bonds is 3. The zero-order valence-electron chi connectivity index (χ0n) is 4.98. The quantitative estimate of drug-likeness (QED) is 0.571. The molecule has 0 aromatic carbocycles. The highest BCUT2D eigenvalue weighted by atomic mass is 35.5. The van der Waals surface area contributed by atoms with Gasteiger partial charge in [0.25, 0.3) is 0 Å². The van der Waals surface area contributed by atoms with Crippen molar-refractivity contribution in [1.29, 1.82) is 0 Å². The maximum Gasteiger partial charge on any atom is 0.160 e. The van der Waals surface area contributed by atoms with Crippen molar-refractivity contribution in [2.45, 2.75) is 12.3 Å². The van der Waals surface area contributed by atoms with Crippen molar-refractivity contribution >= 4 is 29.1 Å². The number of hydrogen-bond acceptors (Lipinski definition) is 2. The predicted molar refractivity (Wildman–Crippen MR) is 38.7 cm³/mol. The maximum absolute atomic E-state index is 10.6. The first kappa shape index (κ1) is 8.31. The number of hydrogen-bond donors (Lipinski definition) is 0. The van der Waals surface area contributed by atoms with Crippen LogP contribution >= 0.6 is 23.4 Å². The van der Waals surface area contributed by atoms with Crippen molar-refractivity contribution < 1.29 is 4.79 Å². The Morgan fingerprint density at radius 3 is 2.50 bits per heavy atom. The highest BCUT2D eigenvalue weighted by Crippen LogP contribution is 2.00. The van der Waals surface area contributed by atoms with E-state index in [-0.39, 0.29) is 11.2 Å². The molecule has 0 N–H and O–H groups in total. The summed E-state index contributed by atoms with van der Waals surface area (Å²) in [5.41, 5.74) is 0. The van der Waals surface area contributed by atoms with Gasteiger partial charge in [-0.25, -0.2) is 0 Å². The van der Waals surface area contributed by atoms with Crippen LogP contribution in [0, 0.1) is 0 Å². The zero-order chi connectivity index (χ0) is 6.57. The molecule has 0 spiro atoms. The van der Waals surface area contributed by atoms with E-state index >= 15 is 0 Å². The van der Waals surface area contributed by atoms with Gasteiger partial charge in [0, 0.05) is 0 Å². The first-order valence-corrected chi connectivity index (χ1v) is 4.17. The molecule has 0 aliphatic rings. The van der Waals surface area contributed by atoms with Gasteiger partial charge in [-0.3, -0.25) is 4.79 Å². The molecule has 1 atom stereocenters. The van der Waals surface area contributed by atoms with Crippen LogP contribution in [0.25, 0.3) is 0 Å². The minimum absolute atomic E-state index is 0.110. The molecule has 0 saturated heterocycles. The number of carbonyl (C=O) groups excluding carboxylic acids is 1. The van der Waals surface area contributed by atoms with E-state index in [0.717, 1.165) is 0 Å². The van der Waals surface area contributed by atoms with Gasteiger partial charge in [0.2, 0.25) is 0 Å². The molecule has 0 aromatic rings. The number of Topliss-reactive ketones (excluding diaryl/α,β-unsaturated/α-hetero) is 1. The lowest BCUT2D eigenvalue weighted by Crippen LogP contribution is -2.11. The molecule has 3 heteroatoms. The van der Waals surface area contributed by atoms with E-state index < -0.39 is 0 Å². The molecule has 0 aliphatic carbocycles. The molecule has 0 fully saturated rings. The average molecular weight is 153 g/mol. The number of halogens is 1. The highest BCUT2D eigenvalue weighted by Gasteiger charge is 2.06. The largest absolute Gasteiger partial charge is 0.297 e. The Hall–Kier alpha value is 0.310. The smallest absolute Gasteiger partial charge is 0.160 e. The first-order valence-electron chi connectivity index (χ1n) is 2.34. The van der Waals surface area contributed by atoms with Crippen LogP contribution in [0.1, 0.15) is 6.92 Å². The van der Waals surface area contributed by atoms with Crippen LogP contribution in [0.2, 0.25) is 0 Å². The third-order valence-electron chi connectivity index (χ3n) is 0.730. The fraction of sp³-hybridized carbons (Fsp3) is 0.800. The minimum Gasteiger partial charge on any atom is -0.297 e. The molecule has 0 aromatic heterocycles. The lowest BCUT2D eigenvalue weighted by atomic mass is 10.3. The standard InChI is InChI=1S/C5H9ClOS/c1-4(6)5(7)3-8-2/h4H,3H2,1-2H3. The summed E-state index contributed by atoms with van der Waals surface area (Å²) in [6, 6.07) is 0. The number of carbonyl (C=O) groups is 1. The Morgan fingerprint density at radius 1 is 1.88 bits per heavy atom. The second-order valence-corrected chi connectivity index (χ2v) is 3.04. The van der Waals surface area contributed by atoms with Crippen molar-refractivity contribution in [2.75, 3.05) is 12.0 Å². The van der Waals surface area contributed by atoms with Gasteiger partial charge < -0.3 is 0 Å². The summed E-state index contributed by atoms with van der Waals surface area (Å²) in [6.45, 7) is 1.69. The van der Waals surface area contributed by atoms with Crippen molar-refractivity contribution in [3.8, 4) is 0 Å². The number of thioether (sulfide) groups is 1. The molecule has 1 nitrogen and oxygen atoms in total. The molecule has 48 valence electrons. The second kappa shape index (κ2) is 4.21. The Kier molecular flexibility index (Phi) is 4.38. The van der Waals surface area contributed by atoms with Gasteiger partial charge in [-0.2, -0.15) is 11.8 Å². The Morgan fingerprint density at radius 2 is 2.38 bits per heavy atom. The minimum atomic E-state index is -0.317. The van der Waals surface area contributed by atoms with Crippen LogP contribution in [0.5, 0.6) is 0 Å². The van der Waals surface area contributed by atoms with Gasteiger partial charge in [-0.1, -0.05) is 0 Å². The highest BCUT2D eigenvalue weighted by molar-refractivity contribution is 7.99. The van der Waals surface area contributed by atoms with E-state index in [9.17, 15) is 4.79 Å². The molecule has 0 aliphatic heterocycles. The van der Waals surface area contributed by atoms with Crippen LogP contribution in [-0.4, -0.2) is 23.2 Å². The monoisotopic (exact) mass is 152 g/mol. The van der Waals surface area contributed by atoms with Gasteiger partial charge in [0.1, 0.15) is 0 Å². The first-order chi connectivity index (χ1) is 3.68. The number of alkyl halides is 1. The molecule has 0 amide bonds. The van der Waals surface area contributed by atoms with Gasteiger partial charge in [0.15, 0.2) is 5.78 Å². The summed E-state index contributed by atoms with van der Waals surface area (Å²) in [7, 11) is 0. The topological polar surface area (TPSA) is 17.1 Å². The molecular formula is C5H9ClOS. The molecule has 0 heterocycles. The SMILES string of the molecule is CSCC(=O)C(C)Cl. The van der Waals surface area contributed by atoms with Crippen LogP contribution in [-0.2, 0) is 4.79 Å². The second-order valence-electron chi connectivity index (χ2n) is 1.52. The van der Waals surface area contributed by atoms with E-state index in [1.54, 1.807) is 6.92 Å². The summed E-state index contributed by atoms with van der Waals surface area (Å²) >= 11 is 6.95. The third kappa shape index (κ3) is 3.33. The number of ketones is 1. The van der Waals surface area contributed by atoms with Crippen molar-refractivity contribution in [2.24, 2.45) is 0 Å². The Balaban J connectivity index is 3.33. The predicted octanol–water partition coefficient (Wildman–Crippen LogP) is 1.55. The fourth-order valence-electron chi connectivity index (χ4n) is 0.257. The molecule has 0 saturated carbocycles. The molecular weight excluding hydrogens is 144 g/mol. The third-order valence-corrected chi connectivity index (χ3v) is 1.55. The summed E-state index contributed by atoms with van der Waals surface area (Å²) < 4.78 is 0. The van der Waals surface area contributed by atoms with Crippen molar-refractivity contribution in [3.63, 3.8) is 0 Å². The summed E-state index contributed by atoms with van der Waals surface area (Å²) in [5, 5.41) is -0.317. The molecule has 0 radical (unpaired) electrons. The average Bonchev–Trinajstić information content (AvgIpc) is 1.67. The maximum atomic E-state index is 10.6. The molecule has 1 unspecified atom stereocenters. The molecule has 0 rings (SSSR count). The Bertz CT molecular complexity index is 82.5. The van der Waals surface area contributed by atoms with Crippen LogP contribution in [0.3, 0.4) is 0 Å². The normalized spacial score (nSPS) is 13.4. The van der Waals surface area contributed by atoms with Crippen LogP contribution < -0.4 is 0 Å². The van der Waals surface area contributed by atoms with E-state index in [2.05, 4.69) is 0 Å². The van der Waals surface area contributed by atoms with Gasteiger partial charge in [-0.05, 0) is 13.2 Å². The van der Waals surface area contributed by atoms with Gasteiger partial charge >= 0.3 is 0 Å². The lowest BCUT2D eigenvalue weighted by Gasteiger charge is -1.96. The van der Waals surface area contributed by atoms with E-state index in [4.69, 9.17) is 11.6 Å². The summed E-state index contributed by atoms with van der Waals surface area (Å²) in [6.07, 6.45) is 1.89. The van der Waals surface area contributed by atoms with Crippen LogP contribution in [0.15, 0.2) is 0 Å². The van der Waals surface area contributed by atoms with E-state index in [0.29, 0.717) is 5.75 Å². The molecule has 0 bridgehead atoms. The van der Waals surface area contributed by atoms with Crippen molar-refractivity contribution in [1.82, 2.24) is 0 Å². The molecule has 8 heavy (non-hydrogen) atoms. The van der Waals surface area contributed by atoms with Crippen molar-refractivity contribution in [3.05, 3.63) is 0 Å². The van der Waals surface area contributed by atoms with E-state index in [1.807, 2.05) is 6.26 Å². The Labute approximate surface area is 58.8 Å². The van der Waals surface area contributed by atoms with Crippen LogP contribution in [0.4, 0.5) is 0 Å². The summed E-state index contributed by atoms with van der Waals surface area (Å²) in [5.74, 6) is 0.643. The van der Waals surface area contributed by atoms with E-state index in [1.165, 1.54) is 11.8 Å². The lowest BCUT2D eigenvalue weighted by molar-refractivity contribution is -0.116. The summed E-state index contributed by atoms with van der Waals surface area (Å²) in [4.78, 5) is 10.6.